The van der Waals surface area contributed by atoms with E-state index in [0.717, 1.165) is 24.2 Å². The highest BCUT2D eigenvalue weighted by Gasteiger charge is 2.13. The zero-order chi connectivity index (χ0) is 26.8. The van der Waals surface area contributed by atoms with Crippen LogP contribution in [-0.2, 0) is 6.54 Å². The number of aromatic nitrogens is 1. The second-order valence-corrected chi connectivity index (χ2v) is 10.7. The second kappa shape index (κ2) is 17.6. The van der Waals surface area contributed by atoms with Crippen molar-refractivity contribution in [3.63, 3.8) is 0 Å². The van der Waals surface area contributed by atoms with Crippen LogP contribution in [-0.4, -0.2) is 19.6 Å². The second-order valence-electron chi connectivity index (χ2n) is 9.96. The maximum atomic E-state index is 13.0. The van der Waals surface area contributed by atoms with Crippen molar-refractivity contribution in [2.45, 2.75) is 90.5 Å². The first-order chi connectivity index (χ1) is 18.7. The van der Waals surface area contributed by atoms with Gasteiger partial charge in [-0.25, -0.2) is 0 Å². The molecule has 3 aromatic rings. The van der Waals surface area contributed by atoms with Gasteiger partial charge >= 0.3 is 0 Å². The lowest BCUT2D eigenvalue weighted by Crippen LogP contribution is -2.30. The number of hydrogen-bond acceptors (Lipinski definition) is 4. The third-order valence-electron chi connectivity index (χ3n) is 6.76. The third-order valence-corrected chi connectivity index (χ3v) is 7.43. The zero-order valence-corrected chi connectivity index (χ0v) is 24.1. The van der Waals surface area contributed by atoms with Gasteiger partial charge in [-0.15, -0.1) is 0 Å². The minimum atomic E-state index is -0.164. The van der Waals surface area contributed by atoms with Gasteiger partial charge in [0.2, 0.25) is 5.51 Å². The molecule has 0 fully saturated rings. The number of thiazole rings is 1. The maximum Gasteiger partial charge on any atom is 0.255 e. The summed E-state index contributed by atoms with van der Waals surface area (Å²) in [5.41, 5.74) is 4.53. The lowest BCUT2D eigenvalue weighted by molar-refractivity contribution is -0.683. The summed E-state index contributed by atoms with van der Waals surface area (Å²) >= 11 is 1.66. The monoisotopic (exact) mass is 537 g/mol. The van der Waals surface area contributed by atoms with Crippen LogP contribution in [0.4, 0.5) is 5.69 Å². The largest absolute Gasteiger partial charge is 0.493 e. The van der Waals surface area contributed by atoms with Gasteiger partial charge in [-0.2, -0.15) is 4.57 Å². The number of anilines is 1. The number of ether oxygens (including phenoxy) is 2. The Balaban J connectivity index is 1.39. The molecule has 6 heteroatoms. The lowest BCUT2D eigenvalue weighted by Gasteiger charge is -2.13. The molecule has 5 nitrogen and oxygen atoms in total. The van der Waals surface area contributed by atoms with Gasteiger partial charge in [0, 0.05) is 16.8 Å². The Bertz CT molecular complexity index is 1070. The van der Waals surface area contributed by atoms with Gasteiger partial charge in [0.15, 0.2) is 24.2 Å². The van der Waals surface area contributed by atoms with E-state index in [0.29, 0.717) is 23.7 Å². The summed E-state index contributed by atoms with van der Waals surface area (Å²) in [6.45, 7) is 3.67. The molecule has 0 aliphatic carbocycles. The summed E-state index contributed by atoms with van der Waals surface area (Å²) < 4.78 is 13.6. The van der Waals surface area contributed by atoms with Gasteiger partial charge in [0.1, 0.15) is 0 Å². The lowest BCUT2D eigenvalue weighted by atomic mass is 10.1. The van der Waals surface area contributed by atoms with Crippen molar-refractivity contribution in [2.75, 3.05) is 19.0 Å². The molecule has 1 N–H and O–H groups in total. The van der Waals surface area contributed by atoms with Gasteiger partial charge < -0.3 is 14.8 Å². The fourth-order valence-corrected chi connectivity index (χ4v) is 5.17. The highest BCUT2D eigenvalue weighted by molar-refractivity contribution is 7.07. The van der Waals surface area contributed by atoms with Crippen LogP contribution in [0.5, 0.6) is 11.5 Å². The number of methoxy groups -OCH3 is 1. The molecule has 206 valence electrons. The van der Waals surface area contributed by atoms with Gasteiger partial charge in [-0.1, -0.05) is 101 Å². The average molecular weight is 538 g/mol. The molecule has 0 unspecified atom stereocenters. The van der Waals surface area contributed by atoms with E-state index in [4.69, 9.17) is 9.47 Å². The number of carbonyl (C=O) groups is 1. The number of rotatable bonds is 19. The van der Waals surface area contributed by atoms with Crippen molar-refractivity contribution < 1.29 is 18.8 Å². The normalized spacial score (nSPS) is 10.9. The maximum absolute atomic E-state index is 13.0. The molecule has 0 spiro atoms. The summed E-state index contributed by atoms with van der Waals surface area (Å²) in [6.07, 6.45) is 17.8. The van der Waals surface area contributed by atoms with E-state index in [1.807, 2.05) is 29.8 Å². The molecule has 0 aliphatic rings. The summed E-state index contributed by atoms with van der Waals surface area (Å²) in [7, 11) is 1.63. The van der Waals surface area contributed by atoms with Crippen molar-refractivity contribution in [1.82, 2.24) is 0 Å². The van der Waals surface area contributed by atoms with E-state index in [1.165, 1.54) is 70.6 Å². The SMILES string of the molecule is CCCCCCCCCCCCCCOc1cc(C(=O)Nc2cccc(C[n+]3ccsc3)c2)ccc1OC. The molecule has 0 atom stereocenters. The number of nitrogens with one attached hydrogen (secondary N) is 1. The van der Waals surface area contributed by atoms with Crippen LogP contribution in [0.3, 0.4) is 0 Å². The zero-order valence-electron chi connectivity index (χ0n) is 23.3. The molecule has 38 heavy (non-hydrogen) atoms. The Hall–Kier alpha value is -2.86. The van der Waals surface area contributed by atoms with Crippen LogP contribution in [0.2, 0.25) is 0 Å². The highest BCUT2D eigenvalue weighted by Crippen LogP contribution is 2.29. The summed E-state index contributed by atoms with van der Waals surface area (Å²) in [6, 6.07) is 13.3. The van der Waals surface area contributed by atoms with Gasteiger partial charge in [0.25, 0.3) is 5.91 Å². The molecular weight excluding hydrogens is 492 g/mol. The van der Waals surface area contributed by atoms with Crippen molar-refractivity contribution in [3.05, 3.63) is 70.7 Å². The first-order valence-corrected chi connectivity index (χ1v) is 15.3. The van der Waals surface area contributed by atoms with Crippen molar-refractivity contribution in [3.8, 4) is 11.5 Å². The smallest absolute Gasteiger partial charge is 0.255 e. The van der Waals surface area contributed by atoms with Crippen molar-refractivity contribution in [2.24, 2.45) is 0 Å². The highest BCUT2D eigenvalue weighted by atomic mass is 32.1. The van der Waals surface area contributed by atoms with Gasteiger partial charge in [-0.3, -0.25) is 4.79 Å². The molecular formula is C32H45N2O3S+. The number of nitrogens with zero attached hydrogens (tertiary/aromatic N) is 1. The quantitative estimate of drug-likeness (QED) is 0.123. The van der Waals surface area contributed by atoms with Crippen molar-refractivity contribution >= 4 is 22.9 Å². The van der Waals surface area contributed by atoms with E-state index in [1.54, 1.807) is 36.6 Å². The number of unbranched alkanes of at least 4 members (excludes halogenated alkanes) is 11. The average Bonchev–Trinajstić information content (AvgIpc) is 3.44. The molecule has 0 aliphatic heterocycles. The molecule has 0 radical (unpaired) electrons. The van der Waals surface area contributed by atoms with Crippen LogP contribution in [0.25, 0.3) is 0 Å². The van der Waals surface area contributed by atoms with Crippen molar-refractivity contribution in [1.29, 1.82) is 0 Å². The summed E-state index contributed by atoms with van der Waals surface area (Å²) in [5.74, 6) is 1.10. The molecule has 0 bridgehead atoms. The van der Waals surface area contributed by atoms with Crippen LogP contribution in [0.1, 0.15) is 99.9 Å². The number of benzene rings is 2. The fraction of sp³-hybridized carbons (Fsp3) is 0.500. The Morgan fingerprint density at radius 3 is 2.24 bits per heavy atom. The summed E-state index contributed by atoms with van der Waals surface area (Å²) in [5, 5.41) is 5.07. The first kappa shape index (κ1) is 29.7. The Labute approximate surface area is 233 Å². The summed E-state index contributed by atoms with van der Waals surface area (Å²) in [4.78, 5) is 13.0. The van der Waals surface area contributed by atoms with Gasteiger partial charge in [-0.05, 0) is 36.8 Å². The third kappa shape index (κ3) is 10.9. The Morgan fingerprint density at radius 2 is 1.58 bits per heavy atom. The number of carbonyl (C=O) groups excluding carboxylic acids is 1. The number of amides is 1. The predicted octanol–water partition coefficient (Wildman–Crippen LogP) is 8.42. The first-order valence-electron chi connectivity index (χ1n) is 14.3. The minimum Gasteiger partial charge on any atom is -0.493 e. The van der Waals surface area contributed by atoms with Gasteiger partial charge in [0.05, 0.1) is 19.1 Å². The standard InChI is InChI=1S/C32H44N2O3S/c1-3-4-5-6-7-8-9-10-11-12-13-14-21-37-31-24-28(18-19-30(31)36-2)32(35)33-29-17-15-16-27(23-29)25-34-20-22-38-26-34/h15-20,22-24,26H,3-14,21,25H2,1-2H3/p+1. The van der Waals surface area contributed by atoms with E-state index in [-0.39, 0.29) is 5.91 Å². The van der Waals surface area contributed by atoms with E-state index in [2.05, 4.69) is 28.4 Å². The molecule has 1 amide bonds. The van der Waals surface area contributed by atoms with E-state index >= 15 is 0 Å². The van der Waals surface area contributed by atoms with Crippen LogP contribution in [0.15, 0.2) is 59.6 Å². The van der Waals surface area contributed by atoms with Crippen LogP contribution >= 0.6 is 11.3 Å². The van der Waals surface area contributed by atoms with Crippen LogP contribution in [0, 0.1) is 0 Å². The molecule has 2 aromatic carbocycles. The number of hydrogen-bond donors (Lipinski definition) is 1. The fourth-order valence-electron chi connectivity index (χ4n) is 4.57. The molecule has 3 rings (SSSR count). The Kier molecular flexibility index (Phi) is 13.8. The Morgan fingerprint density at radius 1 is 0.868 bits per heavy atom. The topological polar surface area (TPSA) is 51.4 Å². The molecule has 1 aromatic heterocycles. The van der Waals surface area contributed by atoms with E-state index < -0.39 is 0 Å². The molecule has 0 saturated carbocycles. The van der Waals surface area contributed by atoms with E-state index in [9.17, 15) is 4.79 Å². The molecule has 0 saturated heterocycles. The van der Waals surface area contributed by atoms with Crippen LogP contribution < -0.4 is 19.4 Å². The predicted molar refractivity (Wildman–Crippen MR) is 158 cm³/mol. The minimum absolute atomic E-state index is 0.164. The molecule has 1 heterocycles.